The topological polar surface area (TPSA) is 42.2 Å². The molecular weight excluding hydrogens is 176 g/mol. The lowest BCUT2D eigenvalue weighted by Gasteiger charge is -2.04. The Balaban J connectivity index is 2.21. The molecule has 0 fully saturated rings. The lowest BCUT2D eigenvalue weighted by molar-refractivity contribution is 0.938. The number of hydrogen-bond donors (Lipinski definition) is 1. The van der Waals surface area contributed by atoms with E-state index in [-0.39, 0.29) is 0 Å². The molecule has 2 heterocycles. The largest absolute Gasteiger partial charge is 0.366 e. The van der Waals surface area contributed by atoms with E-state index in [1.165, 1.54) is 0 Å². The standard InChI is InChI=1S/C10H12N4/c1-8(2)7-11-9-4-6-14-10(13-9)3-5-12-14/h3-6H,1,7H2,2H3,(H,11,13). The van der Waals surface area contributed by atoms with Crippen molar-refractivity contribution < 1.29 is 0 Å². The second-order valence-electron chi connectivity index (χ2n) is 3.26. The maximum Gasteiger partial charge on any atom is 0.157 e. The first-order valence-corrected chi connectivity index (χ1v) is 4.44. The van der Waals surface area contributed by atoms with Gasteiger partial charge in [-0.05, 0) is 13.0 Å². The zero-order valence-electron chi connectivity index (χ0n) is 8.07. The molecule has 14 heavy (non-hydrogen) atoms. The molecule has 0 saturated carbocycles. The molecule has 0 aliphatic rings. The Morgan fingerprint density at radius 3 is 3.21 bits per heavy atom. The average Bonchev–Trinajstić information content (AvgIpc) is 2.61. The summed E-state index contributed by atoms with van der Waals surface area (Å²) in [6.07, 6.45) is 3.61. The van der Waals surface area contributed by atoms with Crippen molar-refractivity contribution in [1.82, 2.24) is 14.6 Å². The van der Waals surface area contributed by atoms with Gasteiger partial charge in [0.05, 0.1) is 6.20 Å². The van der Waals surface area contributed by atoms with Crippen LogP contribution in [-0.2, 0) is 0 Å². The average molecular weight is 188 g/mol. The van der Waals surface area contributed by atoms with Gasteiger partial charge < -0.3 is 5.32 Å². The molecule has 4 heteroatoms. The predicted octanol–water partition coefficient (Wildman–Crippen LogP) is 1.72. The second-order valence-corrected chi connectivity index (χ2v) is 3.26. The summed E-state index contributed by atoms with van der Waals surface area (Å²) in [5, 5.41) is 7.24. The van der Waals surface area contributed by atoms with Crippen LogP contribution >= 0.6 is 0 Å². The molecule has 0 aliphatic carbocycles. The molecule has 2 aromatic rings. The Labute approximate surface area is 82.3 Å². The summed E-state index contributed by atoms with van der Waals surface area (Å²) < 4.78 is 1.73. The third-order valence-electron chi connectivity index (χ3n) is 1.83. The summed E-state index contributed by atoms with van der Waals surface area (Å²) in [5.74, 6) is 0.848. The van der Waals surface area contributed by atoms with Crippen LogP contribution in [0.4, 0.5) is 5.82 Å². The van der Waals surface area contributed by atoms with Gasteiger partial charge in [0.1, 0.15) is 5.82 Å². The highest BCUT2D eigenvalue weighted by molar-refractivity contribution is 5.45. The minimum absolute atomic E-state index is 0.747. The van der Waals surface area contributed by atoms with Crippen LogP contribution in [0.3, 0.4) is 0 Å². The molecule has 0 spiro atoms. The highest BCUT2D eigenvalue weighted by Crippen LogP contribution is 2.05. The van der Waals surface area contributed by atoms with Gasteiger partial charge in [-0.25, -0.2) is 9.50 Å². The van der Waals surface area contributed by atoms with Crippen molar-refractivity contribution in [1.29, 1.82) is 0 Å². The van der Waals surface area contributed by atoms with E-state index in [0.717, 1.165) is 23.6 Å². The smallest absolute Gasteiger partial charge is 0.157 e. The van der Waals surface area contributed by atoms with Gasteiger partial charge in [0.15, 0.2) is 5.65 Å². The third kappa shape index (κ3) is 1.74. The van der Waals surface area contributed by atoms with Crippen molar-refractivity contribution >= 4 is 11.5 Å². The van der Waals surface area contributed by atoms with Crippen LogP contribution in [0.5, 0.6) is 0 Å². The zero-order valence-corrected chi connectivity index (χ0v) is 8.07. The molecule has 0 saturated heterocycles. The van der Waals surface area contributed by atoms with Crippen molar-refractivity contribution in [3.63, 3.8) is 0 Å². The molecule has 4 nitrogen and oxygen atoms in total. The lowest BCUT2D eigenvalue weighted by Crippen LogP contribution is -2.04. The number of aromatic nitrogens is 3. The van der Waals surface area contributed by atoms with E-state index in [1.54, 1.807) is 10.7 Å². The highest BCUT2D eigenvalue weighted by atomic mass is 15.2. The summed E-state index contributed by atoms with van der Waals surface area (Å²) in [7, 11) is 0. The van der Waals surface area contributed by atoms with Crippen LogP contribution in [-0.4, -0.2) is 21.1 Å². The van der Waals surface area contributed by atoms with Gasteiger partial charge in [0.2, 0.25) is 0 Å². The van der Waals surface area contributed by atoms with Gasteiger partial charge in [-0.1, -0.05) is 12.2 Å². The molecule has 1 N–H and O–H groups in total. The van der Waals surface area contributed by atoms with Gasteiger partial charge >= 0.3 is 0 Å². The fourth-order valence-corrected chi connectivity index (χ4v) is 1.15. The summed E-state index contributed by atoms with van der Waals surface area (Å²) in [6, 6.07) is 3.76. The SMILES string of the molecule is C=C(C)CNc1ccn2nccc2n1. The van der Waals surface area contributed by atoms with Gasteiger partial charge in [-0.15, -0.1) is 0 Å². The van der Waals surface area contributed by atoms with Crippen LogP contribution in [0.1, 0.15) is 6.92 Å². The van der Waals surface area contributed by atoms with Crippen LogP contribution in [0.25, 0.3) is 5.65 Å². The zero-order chi connectivity index (χ0) is 9.97. The van der Waals surface area contributed by atoms with Gasteiger partial charge in [0.25, 0.3) is 0 Å². The Kier molecular flexibility index (Phi) is 2.18. The molecule has 2 rings (SSSR count). The Bertz CT molecular complexity index is 458. The summed E-state index contributed by atoms with van der Waals surface area (Å²) >= 11 is 0. The van der Waals surface area contributed by atoms with Gasteiger partial charge in [-0.2, -0.15) is 5.10 Å². The van der Waals surface area contributed by atoms with E-state index in [2.05, 4.69) is 22.0 Å². The van der Waals surface area contributed by atoms with Gasteiger partial charge in [-0.3, -0.25) is 0 Å². The number of anilines is 1. The summed E-state index contributed by atoms with van der Waals surface area (Å²) in [4.78, 5) is 4.36. The van der Waals surface area contributed by atoms with E-state index in [4.69, 9.17) is 0 Å². The van der Waals surface area contributed by atoms with E-state index in [0.29, 0.717) is 0 Å². The molecule has 0 atom stereocenters. The van der Waals surface area contributed by atoms with E-state index in [9.17, 15) is 0 Å². The van der Waals surface area contributed by atoms with Crippen LogP contribution in [0.15, 0.2) is 36.7 Å². The molecule has 0 radical (unpaired) electrons. The molecule has 0 aliphatic heterocycles. The van der Waals surface area contributed by atoms with E-state index < -0.39 is 0 Å². The number of nitrogens with one attached hydrogen (secondary N) is 1. The maximum absolute atomic E-state index is 4.36. The van der Waals surface area contributed by atoms with Crippen molar-refractivity contribution in [3.8, 4) is 0 Å². The number of nitrogens with zero attached hydrogens (tertiary/aromatic N) is 3. The number of hydrogen-bond acceptors (Lipinski definition) is 3. The second kappa shape index (κ2) is 3.49. The number of fused-ring (bicyclic) bond motifs is 1. The lowest BCUT2D eigenvalue weighted by atomic mass is 10.3. The van der Waals surface area contributed by atoms with Crippen molar-refractivity contribution in [2.75, 3.05) is 11.9 Å². The minimum Gasteiger partial charge on any atom is -0.366 e. The minimum atomic E-state index is 0.747. The Morgan fingerprint density at radius 2 is 2.43 bits per heavy atom. The van der Waals surface area contributed by atoms with Crippen LogP contribution in [0, 0.1) is 0 Å². The molecular formula is C10H12N4. The predicted molar refractivity (Wildman–Crippen MR) is 56.3 cm³/mol. The first-order valence-electron chi connectivity index (χ1n) is 4.44. The maximum atomic E-state index is 4.36. The Hall–Kier alpha value is -1.84. The van der Waals surface area contributed by atoms with Crippen molar-refractivity contribution in [3.05, 3.63) is 36.7 Å². The normalized spacial score (nSPS) is 10.4. The highest BCUT2D eigenvalue weighted by Gasteiger charge is 1.97. The van der Waals surface area contributed by atoms with E-state index >= 15 is 0 Å². The van der Waals surface area contributed by atoms with E-state index in [1.807, 2.05) is 25.3 Å². The van der Waals surface area contributed by atoms with Crippen LogP contribution in [0.2, 0.25) is 0 Å². The fraction of sp³-hybridized carbons (Fsp3) is 0.200. The third-order valence-corrected chi connectivity index (χ3v) is 1.83. The van der Waals surface area contributed by atoms with Gasteiger partial charge in [0, 0.05) is 18.8 Å². The first-order chi connectivity index (χ1) is 6.75. The molecule has 72 valence electrons. The summed E-state index contributed by atoms with van der Waals surface area (Å²) in [6.45, 7) is 6.54. The van der Waals surface area contributed by atoms with Crippen LogP contribution < -0.4 is 5.32 Å². The Morgan fingerprint density at radius 1 is 1.57 bits per heavy atom. The number of rotatable bonds is 3. The molecule has 2 aromatic heterocycles. The quantitative estimate of drug-likeness (QED) is 0.746. The monoisotopic (exact) mass is 188 g/mol. The molecule has 0 bridgehead atoms. The fourth-order valence-electron chi connectivity index (χ4n) is 1.15. The van der Waals surface area contributed by atoms with Crippen molar-refractivity contribution in [2.45, 2.75) is 6.92 Å². The first kappa shape index (κ1) is 8.74. The molecule has 0 unspecified atom stereocenters. The van der Waals surface area contributed by atoms with Crippen molar-refractivity contribution in [2.24, 2.45) is 0 Å². The summed E-state index contributed by atoms with van der Waals surface area (Å²) in [5.41, 5.74) is 1.93. The molecule has 0 amide bonds. The molecule has 0 aromatic carbocycles.